The Kier molecular flexibility index (Phi) is 6.78. The van der Waals surface area contributed by atoms with Crippen molar-refractivity contribution in [3.05, 3.63) is 17.5 Å². The van der Waals surface area contributed by atoms with Crippen LogP contribution in [-0.2, 0) is 17.8 Å². The molecule has 1 aromatic heterocycles. The fourth-order valence-corrected chi connectivity index (χ4v) is 2.89. The molecule has 1 aromatic rings. The Balaban J connectivity index is 1.79. The summed E-state index contributed by atoms with van der Waals surface area (Å²) >= 11 is 0. The number of nitrogens with one attached hydrogen (secondary N) is 2. The molecule has 0 bridgehead atoms. The largest absolute Gasteiger partial charge is 0.354 e. The summed E-state index contributed by atoms with van der Waals surface area (Å²) in [6, 6.07) is 1.90. The fraction of sp³-hybridized carbons (Fsp3) is 0.706. The van der Waals surface area contributed by atoms with Gasteiger partial charge in [0.2, 0.25) is 5.91 Å². The first-order valence-electron chi connectivity index (χ1n) is 8.83. The van der Waals surface area contributed by atoms with Crippen LogP contribution in [0.4, 0.5) is 0 Å². The minimum absolute atomic E-state index is 0.0734. The van der Waals surface area contributed by atoms with E-state index in [-0.39, 0.29) is 11.8 Å². The van der Waals surface area contributed by atoms with Crippen molar-refractivity contribution >= 4 is 11.8 Å². The first-order valence-corrected chi connectivity index (χ1v) is 8.83. The highest BCUT2D eigenvalue weighted by Gasteiger charge is 2.17. The summed E-state index contributed by atoms with van der Waals surface area (Å²) in [6.07, 6.45) is 1.71. The lowest BCUT2D eigenvalue weighted by Gasteiger charge is -2.26. The molecular weight excluding hydrogens is 306 g/mol. The van der Waals surface area contributed by atoms with E-state index in [9.17, 15) is 9.59 Å². The van der Waals surface area contributed by atoms with E-state index in [0.717, 1.165) is 31.6 Å². The van der Waals surface area contributed by atoms with Gasteiger partial charge in [-0.3, -0.25) is 19.2 Å². The van der Waals surface area contributed by atoms with Crippen molar-refractivity contribution in [2.24, 2.45) is 5.92 Å². The number of aryl methyl sites for hydroxylation is 1. The first kappa shape index (κ1) is 18.4. The van der Waals surface area contributed by atoms with E-state index < -0.39 is 0 Å². The molecule has 1 aliphatic rings. The zero-order valence-electron chi connectivity index (χ0n) is 15.0. The fourth-order valence-electron chi connectivity index (χ4n) is 2.89. The molecule has 1 saturated heterocycles. The summed E-state index contributed by atoms with van der Waals surface area (Å²) in [5, 5.41) is 10.3. The summed E-state index contributed by atoms with van der Waals surface area (Å²) in [6.45, 7) is 10.4. The highest BCUT2D eigenvalue weighted by atomic mass is 16.2. The molecule has 2 amide bonds. The Labute approximate surface area is 143 Å². The molecule has 7 heteroatoms. The number of nitrogens with zero attached hydrogens (tertiary/aromatic N) is 3. The molecule has 0 unspecified atom stereocenters. The van der Waals surface area contributed by atoms with Gasteiger partial charge >= 0.3 is 0 Å². The second-order valence-electron chi connectivity index (χ2n) is 6.67. The second-order valence-corrected chi connectivity index (χ2v) is 6.67. The number of aromatic nitrogens is 2. The third kappa shape index (κ3) is 5.33. The van der Waals surface area contributed by atoms with E-state index in [4.69, 9.17) is 0 Å². The number of piperazine rings is 1. The highest BCUT2D eigenvalue weighted by molar-refractivity contribution is 5.92. The van der Waals surface area contributed by atoms with Gasteiger partial charge in [-0.25, -0.2) is 0 Å². The van der Waals surface area contributed by atoms with Crippen LogP contribution in [-0.4, -0.2) is 59.2 Å². The molecule has 0 atom stereocenters. The number of hydrogen-bond donors (Lipinski definition) is 2. The van der Waals surface area contributed by atoms with Crippen molar-refractivity contribution in [2.75, 3.05) is 32.7 Å². The van der Waals surface area contributed by atoms with Crippen LogP contribution in [0.15, 0.2) is 6.07 Å². The molecule has 2 N–H and O–H groups in total. The summed E-state index contributed by atoms with van der Waals surface area (Å²) in [7, 11) is 0. The van der Waals surface area contributed by atoms with E-state index in [0.29, 0.717) is 37.8 Å². The van der Waals surface area contributed by atoms with Crippen LogP contribution in [0.1, 0.15) is 43.4 Å². The molecule has 2 rings (SSSR count). The standard InChI is InChI=1S/C17H29N5O2/c1-4-22-15(11-14(20-22)10-13(2)3)17(24)19-6-5-8-21-9-7-18-16(23)12-21/h11,13H,4-10,12H2,1-3H3,(H,18,23)(H,19,24). The van der Waals surface area contributed by atoms with Gasteiger partial charge in [0, 0.05) is 32.7 Å². The monoisotopic (exact) mass is 335 g/mol. The van der Waals surface area contributed by atoms with Crippen LogP contribution in [0.3, 0.4) is 0 Å². The lowest BCUT2D eigenvalue weighted by atomic mass is 10.1. The maximum Gasteiger partial charge on any atom is 0.269 e. The van der Waals surface area contributed by atoms with Crippen molar-refractivity contribution in [3.63, 3.8) is 0 Å². The van der Waals surface area contributed by atoms with E-state index in [2.05, 4.69) is 34.5 Å². The number of carbonyl (C=O) groups excluding carboxylic acids is 2. The van der Waals surface area contributed by atoms with Crippen LogP contribution in [0.5, 0.6) is 0 Å². The van der Waals surface area contributed by atoms with Crippen LogP contribution in [0, 0.1) is 5.92 Å². The van der Waals surface area contributed by atoms with Gasteiger partial charge in [0.15, 0.2) is 0 Å². The molecule has 1 aliphatic heterocycles. The molecule has 7 nitrogen and oxygen atoms in total. The van der Waals surface area contributed by atoms with Gasteiger partial charge in [0.05, 0.1) is 12.2 Å². The third-order valence-corrected chi connectivity index (χ3v) is 4.03. The molecule has 0 radical (unpaired) electrons. The van der Waals surface area contributed by atoms with Crippen molar-refractivity contribution in [2.45, 2.75) is 40.2 Å². The Bertz CT molecular complexity index is 567. The Hall–Kier alpha value is -1.89. The van der Waals surface area contributed by atoms with Gasteiger partial charge in [0.25, 0.3) is 5.91 Å². The van der Waals surface area contributed by atoms with Gasteiger partial charge in [-0.2, -0.15) is 5.10 Å². The first-order chi connectivity index (χ1) is 11.5. The zero-order valence-corrected chi connectivity index (χ0v) is 15.0. The molecule has 0 spiro atoms. The number of amides is 2. The minimum atomic E-state index is -0.0734. The Morgan fingerprint density at radius 2 is 2.25 bits per heavy atom. The van der Waals surface area contributed by atoms with Gasteiger partial charge in [0.1, 0.15) is 5.69 Å². The maximum absolute atomic E-state index is 12.4. The summed E-state index contributed by atoms with van der Waals surface area (Å²) < 4.78 is 1.77. The molecule has 134 valence electrons. The number of rotatable bonds is 8. The lowest BCUT2D eigenvalue weighted by Crippen LogP contribution is -2.48. The molecule has 0 aromatic carbocycles. The molecule has 0 aliphatic carbocycles. The van der Waals surface area contributed by atoms with E-state index >= 15 is 0 Å². The van der Waals surface area contributed by atoms with Crippen molar-refractivity contribution in [3.8, 4) is 0 Å². The van der Waals surface area contributed by atoms with E-state index in [1.54, 1.807) is 4.68 Å². The summed E-state index contributed by atoms with van der Waals surface area (Å²) in [5.41, 5.74) is 1.60. The topological polar surface area (TPSA) is 79.3 Å². The number of carbonyl (C=O) groups is 2. The van der Waals surface area contributed by atoms with Crippen LogP contribution < -0.4 is 10.6 Å². The third-order valence-electron chi connectivity index (χ3n) is 4.03. The highest BCUT2D eigenvalue weighted by Crippen LogP contribution is 2.10. The quantitative estimate of drug-likeness (QED) is 0.684. The Morgan fingerprint density at radius 3 is 2.92 bits per heavy atom. The number of hydrogen-bond acceptors (Lipinski definition) is 4. The predicted molar refractivity (Wildman–Crippen MR) is 92.8 cm³/mol. The van der Waals surface area contributed by atoms with Gasteiger partial charge in [-0.1, -0.05) is 13.8 Å². The molecule has 24 heavy (non-hydrogen) atoms. The van der Waals surface area contributed by atoms with E-state index in [1.165, 1.54) is 0 Å². The zero-order chi connectivity index (χ0) is 17.5. The van der Waals surface area contributed by atoms with Crippen LogP contribution in [0.25, 0.3) is 0 Å². The van der Waals surface area contributed by atoms with Crippen LogP contribution >= 0.6 is 0 Å². The second kappa shape index (κ2) is 8.82. The maximum atomic E-state index is 12.4. The van der Waals surface area contributed by atoms with Crippen molar-refractivity contribution in [1.29, 1.82) is 0 Å². The summed E-state index contributed by atoms with van der Waals surface area (Å²) in [5.74, 6) is 0.522. The molecular formula is C17H29N5O2. The Morgan fingerprint density at radius 1 is 1.46 bits per heavy atom. The van der Waals surface area contributed by atoms with E-state index in [1.807, 2.05) is 13.0 Å². The van der Waals surface area contributed by atoms with Crippen LogP contribution in [0.2, 0.25) is 0 Å². The minimum Gasteiger partial charge on any atom is -0.354 e. The van der Waals surface area contributed by atoms with Crippen molar-refractivity contribution < 1.29 is 9.59 Å². The SMILES string of the molecule is CCn1nc(CC(C)C)cc1C(=O)NCCCN1CCNC(=O)C1. The molecule has 2 heterocycles. The average molecular weight is 335 g/mol. The van der Waals surface area contributed by atoms with Gasteiger partial charge < -0.3 is 10.6 Å². The van der Waals surface area contributed by atoms with Gasteiger partial charge in [-0.05, 0) is 31.7 Å². The van der Waals surface area contributed by atoms with Crippen molar-refractivity contribution in [1.82, 2.24) is 25.3 Å². The average Bonchev–Trinajstić information content (AvgIpc) is 2.93. The smallest absolute Gasteiger partial charge is 0.269 e. The molecule has 1 fully saturated rings. The lowest BCUT2D eigenvalue weighted by molar-refractivity contribution is -0.124. The summed E-state index contributed by atoms with van der Waals surface area (Å²) in [4.78, 5) is 25.8. The normalized spacial score (nSPS) is 15.6. The van der Waals surface area contributed by atoms with Gasteiger partial charge in [-0.15, -0.1) is 0 Å². The predicted octanol–water partition coefficient (Wildman–Crippen LogP) is 0.653. The molecule has 0 saturated carbocycles.